The summed E-state index contributed by atoms with van der Waals surface area (Å²) in [5.41, 5.74) is 0.977. The fourth-order valence-electron chi connectivity index (χ4n) is 2.88. The number of carbonyl (C=O) groups is 1. The first-order valence-corrected chi connectivity index (χ1v) is 7.26. The predicted molar refractivity (Wildman–Crippen MR) is 80.3 cm³/mol. The summed E-state index contributed by atoms with van der Waals surface area (Å²) in [6.45, 7) is 0.530. The third kappa shape index (κ3) is 2.96. The van der Waals surface area contributed by atoms with Crippen LogP contribution in [0.4, 0.5) is 0 Å². The molecular formula is C16H19N3O3. The van der Waals surface area contributed by atoms with Crippen LogP contribution in [0.3, 0.4) is 0 Å². The van der Waals surface area contributed by atoms with Gasteiger partial charge < -0.3 is 14.7 Å². The lowest BCUT2D eigenvalue weighted by Crippen LogP contribution is -2.34. The highest BCUT2D eigenvalue weighted by Gasteiger charge is 2.35. The maximum absolute atomic E-state index is 12.5. The highest BCUT2D eigenvalue weighted by molar-refractivity contribution is 5.77. The van der Waals surface area contributed by atoms with E-state index in [2.05, 4.69) is 5.10 Å². The number of rotatable bonds is 4. The van der Waals surface area contributed by atoms with E-state index in [0.717, 1.165) is 11.3 Å². The third-order valence-electron chi connectivity index (χ3n) is 3.93. The van der Waals surface area contributed by atoms with E-state index in [0.29, 0.717) is 13.0 Å². The van der Waals surface area contributed by atoms with Crippen LogP contribution in [-0.4, -0.2) is 45.5 Å². The summed E-state index contributed by atoms with van der Waals surface area (Å²) in [4.78, 5) is 14.2. The van der Waals surface area contributed by atoms with Gasteiger partial charge in [0, 0.05) is 18.9 Å². The molecular weight excluding hydrogens is 282 g/mol. The second-order valence-electron chi connectivity index (χ2n) is 5.43. The minimum Gasteiger partial charge on any atom is -0.497 e. The number of methoxy groups -OCH3 is 1. The monoisotopic (exact) mass is 301 g/mol. The van der Waals surface area contributed by atoms with Crippen LogP contribution in [0.15, 0.2) is 42.7 Å². The van der Waals surface area contributed by atoms with Crippen molar-refractivity contribution in [2.75, 3.05) is 13.7 Å². The number of aliphatic hydroxyl groups excluding tert-OH is 1. The van der Waals surface area contributed by atoms with Crippen molar-refractivity contribution in [2.45, 2.75) is 25.1 Å². The lowest BCUT2D eigenvalue weighted by Gasteiger charge is -2.25. The van der Waals surface area contributed by atoms with Gasteiger partial charge in [-0.25, -0.2) is 0 Å². The van der Waals surface area contributed by atoms with E-state index < -0.39 is 6.10 Å². The van der Waals surface area contributed by atoms with E-state index in [1.807, 2.05) is 24.3 Å². The van der Waals surface area contributed by atoms with Gasteiger partial charge in [0.2, 0.25) is 5.91 Å². The average Bonchev–Trinajstić information content (AvgIpc) is 3.16. The van der Waals surface area contributed by atoms with Crippen LogP contribution in [0.2, 0.25) is 0 Å². The Hall–Kier alpha value is -2.34. The van der Waals surface area contributed by atoms with Gasteiger partial charge >= 0.3 is 0 Å². The summed E-state index contributed by atoms with van der Waals surface area (Å²) in [6, 6.07) is 9.29. The number of ether oxygens (including phenoxy) is 1. The van der Waals surface area contributed by atoms with Crippen molar-refractivity contribution >= 4 is 5.91 Å². The number of β-amino-alcohol motifs (C(OH)–C–C–N with tert-alkyl or cyclic N) is 1. The summed E-state index contributed by atoms with van der Waals surface area (Å²) in [5, 5.41) is 14.0. The molecule has 0 aliphatic carbocycles. The molecule has 22 heavy (non-hydrogen) atoms. The standard InChI is InChI=1S/C16H19N3O3/c1-22-14-5-2-4-12(8-14)15-9-13(20)10-19(15)16(21)11-18-7-3-6-17-18/h2-8,13,15,20H,9-11H2,1H3/t13-,15-/m0/s1. The number of hydrogen-bond donors (Lipinski definition) is 1. The number of carbonyl (C=O) groups excluding carboxylic acids is 1. The maximum Gasteiger partial charge on any atom is 0.244 e. The van der Waals surface area contributed by atoms with Crippen LogP contribution in [0.5, 0.6) is 5.75 Å². The zero-order valence-electron chi connectivity index (χ0n) is 12.4. The molecule has 1 N–H and O–H groups in total. The number of nitrogens with zero attached hydrogens (tertiary/aromatic N) is 3. The number of amides is 1. The predicted octanol–water partition coefficient (Wildman–Crippen LogP) is 1.23. The summed E-state index contributed by atoms with van der Waals surface area (Å²) >= 11 is 0. The Kier molecular flexibility index (Phi) is 4.11. The molecule has 0 radical (unpaired) electrons. The Morgan fingerprint density at radius 3 is 3.05 bits per heavy atom. The van der Waals surface area contributed by atoms with Gasteiger partial charge in [-0.2, -0.15) is 5.10 Å². The fourth-order valence-corrected chi connectivity index (χ4v) is 2.88. The molecule has 2 aromatic rings. The minimum absolute atomic E-state index is 0.0481. The number of benzene rings is 1. The second kappa shape index (κ2) is 6.19. The largest absolute Gasteiger partial charge is 0.497 e. The van der Waals surface area contributed by atoms with Gasteiger partial charge in [0.15, 0.2) is 0 Å². The molecule has 6 heteroatoms. The number of aliphatic hydroxyl groups is 1. The molecule has 0 saturated carbocycles. The summed E-state index contributed by atoms with van der Waals surface area (Å²) in [7, 11) is 1.61. The first-order chi connectivity index (χ1) is 10.7. The SMILES string of the molecule is COc1cccc([C@@H]2C[C@H](O)CN2C(=O)Cn2cccn2)c1. The van der Waals surface area contributed by atoms with Crippen LogP contribution < -0.4 is 4.74 Å². The van der Waals surface area contributed by atoms with E-state index in [1.54, 1.807) is 35.2 Å². The molecule has 2 atom stereocenters. The van der Waals surface area contributed by atoms with E-state index in [4.69, 9.17) is 4.74 Å². The maximum atomic E-state index is 12.5. The molecule has 3 rings (SSSR count). The summed E-state index contributed by atoms with van der Waals surface area (Å²) in [5.74, 6) is 0.700. The normalized spacial score (nSPS) is 21.1. The smallest absolute Gasteiger partial charge is 0.244 e. The van der Waals surface area contributed by atoms with Crippen LogP contribution in [0, 0.1) is 0 Å². The fraction of sp³-hybridized carbons (Fsp3) is 0.375. The van der Waals surface area contributed by atoms with Crippen molar-refractivity contribution in [2.24, 2.45) is 0 Å². The Bertz CT molecular complexity index is 642. The van der Waals surface area contributed by atoms with E-state index >= 15 is 0 Å². The molecule has 1 aromatic carbocycles. The Balaban J connectivity index is 1.80. The highest BCUT2D eigenvalue weighted by atomic mass is 16.5. The Labute approximate surface area is 128 Å². The molecule has 1 aliphatic rings. The van der Waals surface area contributed by atoms with Gasteiger partial charge in [0.25, 0.3) is 0 Å². The van der Waals surface area contributed by atoms with Crippen LogP contribution >= 0.6 is 0 Å². The van der Waals surface area contributed by atoms with Gasteiger partial charge in [-0.1, -0.05) is 12.1 Å². The quantitative estimate of drug-likeness (QED) is 0.922. The highest BCUT2D eigenvalue weighted by Crippen LogP contribution is 2.33. The first kappa shape index (κ1) is 14.6. The van der Waals surface area contributed by atoms with Crippen LogP contribution in [-0.2, 0) is 11.3 Å². The molecule has 0 bridgehead atoms. The molecule has 1 aromatic heterocycles. The second-order valence-corrected chi connectivity index (χ2v) is 5.43. The van der Waals surface area contributed by atoms with Crippen molar-refractivity contribution in [1.82, 2.24) is 14.7 Å². The van der Waals surface area contributed by atoms with Gasteiger partial charge in [-0.15, -0.1) is 0 Å². The number of aromatic nitrogens is 2. The lowest BCUT2D eigenvalue weighted by molar-refractivity contribution is -0.133. The van der Waals surface area contributed by atoms with Gasteiger partial charge in [-0.3, -0.25) is 9.48 Å². The molecule has 1 amide bonds. The molecule has 0 spiro atoms. The van der Waals surface area contributed by atoms with Crippen molar-refractivity contribution in [3.05, 3.63) is 48.3 Å². The molecule has 1 fully saturated rings. The van der Waals surface area contributed by atoms with Crippen molar-refractivity contribution in [3.63, 3.8) is 0 Å². The van der Waals surface area contributed by atoms with Crippen molar-refractivity contribution in [3.8, 4) is 5.75 Å². The number of hydrogen-bond acceptors (Lipinski definition) is 4. The zero-order valence-corrected chi connectivity index (χ0v) is 12.4. The lowest BCUT2D eigenvalue weighted by atomic mass is 10.0. The Morgan fingerprint density at radius 1 is 1.45 bits per heavy atom. The van der Waals surface area contributed by atoms with Gasteiger partial charge in [0.1, 0.15) is 12.3 Å². The van der Waals surface area contributed by atoms with Gasteiger partial charge in [-0.05, 0) is 30.2 Å². The summed E-state index contributed by atoms with van der Waals surface area (Å²) in [6.07, 6.45) is 3.44. The van der Waals surface area contributed by atoms with Crippen LogP contribution in [0.1, 0.15) is 18.0 Å². The average molecular weight is 301 g/mol. The minimum atomic E-state index is -0.502. The third-order valence-corrected chi connectivity index (χ3v) is 3.93. The Morgan fingerprint density at radius 2 is 2.32 bits per heavy atom. The molecule has 116 valence electrons. The first-order valence-electron chi connectivity index (χ1n) is 7.26. The van der Waals surface area contributed by atoms with Gasteiger partial charge in [0.05, 0.1) is 19.3 Å². The molecule has 0 unspecified atom stereocenters. The molecule has 2 heterocycles. The molecule has 6 nitrogen and oxygen atoms in total. The molecule has 1 aliphatic heterocycles. The van der Waals surface area contributed by atoms with E-state index in [9.17, 15) is 9.90 Å². The van der Waals surface area contributed by atoms with Crippen molar-refractivity contribution < 1.29 is 14.6 Å². The molecule has 1 saturated heterocycles. The van der Waals surface area contributed by atoms with Crippen LogP contribution in [0.25, 0.3) is 0 Å². The zero-order chi connectivity index (χ0) is 15.5. The van der Waals surface area contributed by atoms with E-state index in [-0.39, 0.29) is 18.5 Å². The number of likely N-dealkylation sites (tertiary alicyclic amines) is 1. The van der Waals surface area contributed by atoms with E-state index in [1.165, 1.54) is 0 Å². The topological polar surface area (TPSA) is 67.6 Å². The van der Waals surface area contributed by atoms with Crippen molar-refractivity contribution in [1.29, 1.82) is 0 Å². The summed E-state index contributed by atoms with van der Waals surface area (Å²) < 4.78 is 6.84.